The van der Waals surface area contributed by atoms with Crippen LogP contribution < -0.4 is 31.9 Å². The molecule has 2 aliphatic heterocycles. The zero-order chi connectivity index (χ0) is 44.7. The lowest BCUT2D eigenvalue weighted by Crippen LogP contribution is -2.59. The molecule has 0 saturated carbocycles. The highest BCUT2D eigenvalue weighted by atomic mass is 16.4. The summed E-state index contributed by atoms with van der Waals surface area (Å²) in [5, 5.41) is 35.3. The van der Waals surface area contributed by atoms with Gasteiger partial charge in [0.2, 0.25) is 41.4 Å². The van der Waals surface area contributed by atoms with Gasteiger partial charge in [-0.2, -0.15) is 0 Å². The lowest BCUT2D eigenvalue weighted by molar-refractivity contribution is -0.143. The van der Waals surface area contributed by atoms with Gasteiger partial charge in [0.1, 0.15) is 36.3 Å². The highest BCUT2D eigenvalue weighted by Gasteiger charge is 2.39. The van der Waals surface area contributed by atoms with Crippen molar-refractivity contribution in [1.82, 2.24) is 41.7 Å². The van der Waals surface area contributed by atoms with Crippen molar-refractivity contribution in [2.45, 2.75) is 110 Å². The summed E-state index contributed by atoms with van der Waals surface area (Å²) in [5.74, 6) is -6.45. The van der Waals surface area contributed by atoms with E-state index < -0.39 is 103 Å². The second kappa shape index (κ2) is 23.1. The van der Waals surface area contributed by atoms with E-state index in [1.807, 2.05) is 20.8 Å². The molecule has 1 aromatic rings. The summed E-state index contributed by atoms with van der Waals surface area (Å²) in [6, 6.07) is 2.19. The number of rotatable bonds is 21. The van der Waals surface area contributed by atoms with Crippen molar-refractivity contribution >= 4 is 53.1 Å². The van der Waals surface area contributed by atoms with Crippen LogP contribution in [0.25, 0.3) is 0 Å². The molecule has 0 spiro atoms. The van der Waals surface area contributed by atoms with E-state index in [4.69, 9.17) is 0 Å². The molecule has 3 rings (SSSR count). The Morgan fingerprint density at radius 3 is 2.13 bits per heavy atom. The average molecular weight is 841 g/mol. The molecule has 19 heteroatoms. The topological polar surface area (TPSA) is 273 Å². The van der Waals surface area contributed by atoms with Crippen molar-refractivity contribution in [1.29, 1.82) is 0 Å². The molecule has 8 N–H and O–H groups in total. The Morgan fingerprint density at radius 1 is 0.850 bits per heavy atom. The fourth-order valence-electron chi connectivity index (χ4n) is 6.98. The minimum Gasteiger partial charge on any atom is -0.480 e. The van der Waals surface area contributed by atoms with Gasteiger partial charge in [0, 0.05) is 31.7 Å². The summed E-state index contributed by atoms with van der Waals surface area (Å²) < 4.78 is 0. The largest absolute Gasteiger partial charge is 0.480 e. The molecule has 19 nitrogen and oxygen atoms in total. The van der Waals surface area contributed by atoms with Crippen LogP contribution in [0.1, 0.15) is 72.8 Å². The first kappa shape index (κ1) is 48.5. The third kappa shape index (κ3) is 14.5. The van der Waals surface area contributed by atoms with Crippen LogP contribution in [0.2, 0.25) is 0 Å². The number of nitrogens with zero attached hydrogens (tertiary/aromatic N) is 2. The van der Waals surface area contributed by atoms with E-state index in [1.54, 1.807) is 37.3 Å². The number of benzene rings is 1. The van der Waals surface area contributed by atoms with E-state index in [9.17, 15) is 53.4 Å². The SMILES string of the molecule is CC[C@H](C)[C@H](NC1=CC(=O)CN(C(=O)[C@H](CC(C)C)NC(=O)[C@H](C)NC(=O)[C@H]2CCCN2C(=O)[C@H](CO)NC(=O)CNC(=O)[C@H](Cc2ccccc2)NC(C)=O)C1)C(=O)O. The zero-order valence-corrected chi connectivity index (χ0v) is 35.1. The van der Waals surface area contributed by atoms with Gasteiger partial charge < -0.3 is 51.9 Å². The molecule has 0 aliphatic carbocycles. The Balaban J connectivity index is 1.60. The lowest BCUT2D eigenvalue weighted by atomic mass is 9.98. The summed E-state index contributed by atoms with van der Waals surface area (Å²) in [5.41, 5.74) is 1.04. The molecule has 330 valence electrons. The molecular formula is C41H60N8O11. The third-order valence-corrected chi connectivity index (χ3v) is 10.3. The van der Waals surface area contributed by atoms with Crippen molar-refractivity contribution in [3.63, 3.8) is 0 Å². The van der Waals surface area contributed by atoms with Gasteiger partial charge in [-0.05, 0) is 43.6 Å². The molecule has 0 unspecified atom stereocenters. The maximum atomic E-state index is 13.8. The van der Waals surface area contributed by atoms with Crippen LogP contribution in [0, 0.1) is 11.8 Å². The van der Waals surface area contributed by atoms with Crippen LogP contribution in [-0.4, -0.2) is 142 Å². The van der Waals surface area contributed by atoms with E-state index in [2.05, 4.69) is 31.9 Å². The second-order valence-corrected chi connectivity index (χ2v) is 15.7. The summed E-state index contributed by atoms with van der Waals surface area (Å²) in [6.45, 7) is 8.33. The number of carbonyl (C=O) groups is 9. The fraction of sp³-hybridized carbons (Fsp3) is 0.585. The predicted molar refractivity (Wildman–Crippen MR) is 217 cm³/mol. The highest BCUT2D eigenvalue weighted by Crippen LogP contribution is 2.20. The molecule has 7 amide bonds. The number of aliphatic hydroxyl groups excluding tert-OH is 1. The Hall–Kier alpha value is -5.85. The van der Waals surface area contributed by atoms with Gasteiger partial charge in [0.25, 0.3) is 0 Å². The molecule has 0 aromatic heterocycles. The van der Waals surface area contributed by atoms with Crippen molar-refractivity contribution in [2.75, 3.05) is 32.8 Å². The van der Waals surface area contributed by atoms with Gasteiger partial charge in [0.15, 0.2) is 5.78 Å². The third-order valence-electron chi connectivity index (χ3n) is 10.3. The molecular weight excluding hydrogens is 780 g/mol. The number of hydrogen-bond donors (Lipinski definition) is 8. The van der Waals surface area contributed by atoms with Crippen molar-refractivity contribution < 1.29 is 53.4 Å². The van der Waals surface area contributed by atoms with Crippen LogP contribution in [0.15, 0.2) is 42.1 Å². The van der Waals surface area contributed by atoms with Gasteiger partial charge >= 0.3 is 5.97 Å². The standard InChI is InChI=1S/C41H60N8O11/c1-7-24(4)35(41(59)60)45-28-18-29(52)21-48(20-28)39(57)31(16-23(2)3)47-36(54)25(5)43-38(56)33-14-11-15-49(33)40(58)32(22-50)46-34(53)19-42-37(55)30(44-26(6)51)17-27-12-9-8-10-13-27/h8-10,12-13,18,23-25,30-33,35,45,50H,7,11,14-17,19-22H2,1-6H3,(H,42,55)(H,43,56)(H,44,51)(H,46,53)(H,47,54)(H,59,60)/t24-,25-,30-,31-,32-,33+,35-/m0/s1. The van der Waals surface area contributed by atoms with E-state index in [0.29, 0.717) is 12.8 Å². The molecule has 2 aliphatic rings. The first-order valence-electron chi connectivity index (χ1n) is 20.3. The summed E-state index contributed by atoms with van der Waals surface area (Å²) in [7, 11) is 0. The van der Waals surface area contributed by atoms with Crippen molar-refractivity contribution in [2.24, 2.45) is 11.8 Å². The Bertz CT molecular complexity index is 1770. The van der Waals surface area contributed by atoms with Crippen LogP contribution in [0.5, 0.6) is 0 Å². The van der Waals surface area contributed by atoms with E-state index >= 15 is 0 Å². The van der Waals surface area contributed by atoms with Gasteiger partial charge in [-0.15, -0.1) is 0 Å². The number of carboxylic acids is 1. The minimum absolute atomic E-state index is 0.0749. The fourth-order valence-corrected chi connectivity index (χ4v) is 6.98. The molecule has 1 aromatic carbocycles. The number of carboxylic acid groups (broad SMARTS) is 1. The lowest BCUT2D eigenvalue weighted by Gasteiger charge is -2.33. The van der Waals surface area contributed by atoms with Gasteiger partial charge in [0.05, 0.1) is 26.2 Å². The molecule has 7 atom stereocenters. The zero-order valence-electron chi connectivity index (χ0n) is 35.1. The minimum atomic E-state index is -1.46. The Morgan fingerprint density at radius 2 is 1.53 bits per heavy atom. The number of ketones is 1. The maximum absolute atomic E-state index is 13.8. The number of hydrogen-bond acceptors (Lipinski definition) is 11. The predicted octanol–water partition coefficient (Wildman–Crippen LogP) is -1.26. The van der Waals surface area contributed by atoms with Crippen LogP contribution in [-0.2, 0) is 49.6 Å². The Labute approximate surface area is 349 Å². The van der Waals surface area contributed by atoms with E-state index in [1.165, 1.54) is 29.7 Å². The van der Waals surface area contributed by atoms with E-state index in [0.717, 1.165) is 5.56 Å². The number of likely N-dealkylation sites (tertiary alicyclic amines) is 1. The number of aliphatic carboxylic acids is 1. The monoisotopic (exact) mass is 840 g/mol. The molecule has 1 fully saturated rings. The summed E-state index contributed by atoms with van der Waals surface area (Å²) >= 11 is 0. The molecule has 0 bridgehead atoms. The van der Waals surface area contributed by atoms with Crippen LogP contribution >= 0.6 is 0 Å². The smallest absolute Gasteiger partial charge is 0.326 e. The van der Waals surface area contributed by atoms with Crippen LogP contribution in [0.4, 0.5) is 0 Å². The van der Waals surface area contributed by atoms with Gasteiger partial charge in [-0.25, -0.2) is 4.79 Å². The van der Waals surface area contributed by atoms with Crippen LogP contribution in [0.3, 0.4) is 0 Å². The Kier molecular flexibility index (Phi) is 18.7. The summed E-state index contributed by atoms with van der Waals surface area (Å²) in [4.78, 5) is 119. The van der Waals surface area contributed by atoms with E-state index in [-0.39, 0.29) is 56.4 Å². The van der Waals surface area contributed by atoms with Crippen molar-refractivity contribution in [3.05, 3.63) is 47.7 Å². The second-order valence-electron chi connectivity index (χ2n) is 15.7. The molecule has 1 saturated heterocycles. The highest BCUT2D eigenvalue weighted by molar-refractivity contribution is 5.99. The average Bonchev–Trinajstić information content (AvgIpc) is 3.70. The first-order chi connectivity index (χ1) is 28.3. The van der Waals surface area contributed by atoms with Crippen molar-refractivity contribution in [3.8, 4) is 0 Å². The molecule has 60 heavy (non-hydrogen) atoms. The number of nitrogens with one attached hydrogen (secondary N) is 6. The molecule has 2 heterocycles. The van der Waals surface area contributed by atoms with Gasteiger partial charge in [-0.1, -0.05) is 64.4 Å². The normalized spacial score (nSPS) is 18.2. The van der Waals surface area contributed by atoms with Gasteiger partial charge in [-0.3, -0.25) is 38.4 Å². The summed E-state index contributed by atoms with van der Waals surface area (Å²) in [6.07, 6.45) is 2.83. The maximum Gasteiger partial charge on any atom is 0.326 e. The number of aliphatic hydroxyl groups is 1. The first-order valence-corrected chi connectivity index (χ1v) is 20.3. The number of amides is 7. The quantitative estimate of drug-likeness (QED) is 0.0721. The molecule has 0 radical (unpaired) electrons. The number of carbonyl (C=O) groups excluding carboxylic acids is 8.